The maximum Gasteiger partial charge on any atom is 0.0317 e. The topological polar surface area (TPSA) is 18.5 Å². The molecule has 0 radical (unpaired) electrons. The third-order valence-electron chi connectivity index (χ3n) is 3.99. The Morgan fingerprint density at radius 2 is 1.89 bits per heavy atom. The van der Waals surface area contributed by atoms with Gasteiger partial charge in [0.05, 0.1) is 0 Å². The van der Waals surface area contributed by atoms with Crippen LogP contribution >= 0.6 is 22.6 Å². The Bertz CT molecular complexity index is 373. The van der Waals surface area contributed by atoms with Crippen molar-refractivity contribution in [2.45, 2.75) is 13.0 Å². The summed E-state index contributed by atoms with van der Waals surface area (Å²) in [5, 5.41) is 3.40. The Hall–Kier alpha value is -0.170. The van der Waals surface area contributed by atoms with Gasteiger partial charge in [0.2, 0.25) is 0 Å². The molecule has 1 saturated heterocycles. The van der Waals surface area contributed by atoms with Crippen LogP contribution in [0.1, 0.15) is 18.5 Å². The number of benzene rings is 1. The first kappa shape index (κ1) is 15.2. The first-order valence-corrected chi connectivity index (χ1v) is 8.13. The van der Waals surface area contributed by atoms with Gasteiger partial charge in [-0.25, -0.2) is 0 Å². The first-order chi connectivity index (χ1) is 9.16. The fraction of sp³-hybridized carbons (Fsp3) is 0.600. The lowest BCUT2D eigenvalue weighted by Gasteiger charge is -2.31. The number of halogens is 1. The van der Waals surface area contributed by atoms with Crippen molar-refractivity contribution in [3.63, 3.8) is 0 Å². The highest BCUT2D eigenvalue weighted by Crippen LogP contribution is 2.19. The van der Waals surface area contributed by atoms with Crippen molar-refractivity contribution < 1.29 is 0 Å². The van der Waals surface area contributed by atoms with Crippen molar-refractivity contribution in [2.24, 2.45) is 0 Å². The van der Waals surface area contributed by atoms with Crippen LogP contribution in [0.15, 0.2) is 24.3 Å². The third kappa shape index (κ3) is 4.70. The van der Waals surface area contributed by atoms with Gasteiger partial charge in [0.1, 0.15) is 0 Å². The van der Waals surface area contributed by atoms with Crippen LogP contribution in [0.3, 0.4) is 0 Å². The van der Waals surface area contributed by atoms with Crippen molar-refractivity contribution >= 4 is 22.6 Å². The highest BCUT2D eigenvalue weighted by molar-refractivity contribution is 14.1. The largest absolute Gasteiger partial charge is 0.314 e. The van der Waals surface area contributed by atoms with Crippen LogP contribution in [0.2, 0.25) is 0 Å². The molecule has 106 valence electrons. The number of nitrogens with one attached hydrogen (secondary N) is 1. The molecule has 0 amide bonds. The van der Waals surface area contributed by atoms with Crippen LogP contribution in [-0.2, 0) is 0 Å². The molecular weight excluding hydrogens is 349 g/mol. The van der Waals surface area contributed by atoms with Crippen LogP contribution in [0.4, 0.5) is 0 Å². The Balaban J connectivity index is 1.81. The molecule has 4 heteroatoms. The molecule has 1 aromatic carbocycles. The molecule has 1 aliphatic rings. The summed E-state index contributed by atoms with van der Waals surface area (Å²) in [5.74, 6) is 0. The Morgan fingerprint density at radius 1 is 1.26 bits per heavy atom. The van der Waals surface area contributed by atoms with Gasteiger partial charge in [-0.2, -0.15) is 0 Å². The van der Waals surface area contributed by atoms with E-state index in [1.54, 1.807) is 0 Å². The summed E-state index contributed by atoms with van der Waals surface area (Å²) in [6.07, 6.45) is 0. The highest BCUT2D eigenvalue weighted by Gasteiger charge is 2.14. The molecule has 1 fully saturated rings. The van der Waals surface area contributed by atoms with E-state index in [-0.39, 0.29) is 0 Å². The minimum Gasteiger partial charge on any atom is -0.314 e. The number of hydrogen-bond acceptors (Lipinski definition) is 3. The third-order valence-corrected chi connectivity index (χ3v) is 4.71. The van der Waals surface area contributed by atoms with E-state index in [1.165, 1.54) is 28.8 Å². The van der Waals surface area contributed by atoms with Crippen molar-refractivity contribution in [1.82, 2.24) is 15.1 Å². The molecule has 0 spiro atoms. The minimum atomic E-state index is 0.486. The SMILES string of the molecule is CC(c1ccc(I)cc1)N(C)CCN1CCNCC1. The normalized spacial score (nSPS) is 18.7. The molecule has 2 rings (SSSR count). The Morgan fingerprint density at radius 3 is 2.53 bits per heavy atom. The van der Waals surface area contributed by atoms with Gasteiger partial charge in [-0.3, -0.25) is 9.80 Å². The average Bonchev–Trinajstić information content (AvgIpc) is 2.46. The molecule has 0 aromatic heterocycles. The van der Waals surface area contributed by atoms with Crippen molar-refractivity contribution in [2.75, 3.05) is 46.3 Å². The molecule has 1 atom stereocenters. The van der Waals surface area contributed by atoms with E-state index >= 15 is 0 Å². The molecule has 0 bridgehead atoms. The van der Waals surface area contributed by atoms with Crippen LogP contribution in [-0.4, -0.2) is 56.1 Å². The summed E-state index contributed by atoms with van der Waals surface area (Å²) in [6.45, 7) is 9.24. The van der Waals surface area contributed by atoms with Crippen LogP contribution in [0.25, 0.3) is 0 Å². The molecular formula is C15H24IN3. The highest BCUT2D eigenvalue weighted by atomic mass is 127. The van der Waals surface area contributed by atoms with Crippen molar-refractivity contribution in [3.05, 3.63) is 33.4 Å². The summed E-state index contributed by atoms with van der Waals surface area (Å²) in [6, 6.07) is 9.36. The zero-order valence-corrected chi connectivity index (χ0v) is 14.1. The minimum absolute atomic E-state index is 0.486. The summed E-state index contributed by atoms with van der Waals surface area (Å²) >= 11 is 2.36. The number of piperazine rings is 1. The fourth-order valence-corrected chi connectivity index (χ4v) is 2.78. The first-order valence-electron chi connectivity index (χ1n) is 7.05. The molecule has 1 aliphatic heterocycles. The zero-order chi connectivity index (χ0) is 13.7. The molecule has 1 aromatic rings. The van der Waals surface area contributed by atoms with Gasteiger partial charge in [0.15, 0.2) is 0 Å². The summed E-state index contributed by atoms with van der Waals surface area (Å²) in [7, 11) is 2.23. The van der Waals surface area contributed by atoms with E-state index < -0.39 is 0 Å². The quantitative estimate of drug-likeness (QED) is 0.799. The number of nitrogens with zero attached hydrogens (tertiary/aromatic N) is 2. The van der Waals surface area contributed by atoms with Gasteiger partial charge in [-0.05, 0) is 54.3 Å². The lowest BCUT2D eigenvalue weighted by molar-refractivity contribution is 0.183. The second-order valence-electron chi connectivity index (χ2n) is 5.30. The predicted molar refractivity (Wildman–Crippen MR) is 89.5 cm³/mol. The smallest absolute Gasteiger partial charge is 0.0317 e. The lowest BCUT2D eigenvalue weighted by atomic mass is 10.1. The number of likely N-dealkylation sites (N-methyl/N-ethyl adjacent to an activating group) is 1. The van der Waals surface area contributed by atoms with E-state index in [1.807, 2.05) is 0 Å². The van der Waals surface area contributed by atoms with Gasteiger partial charge < -0.3 is 5.32 Å². The van der Waals surface area contributed by atoms with Gasteiger partial charge in [0, 0.05) is 48.9 Å². The summed E-state index contributed by atoms with van der Waals surface area (Å²) < 4.78 is 1.30. The maximum absolute atomic E-state index is 3.40. The lowest BCUT2D eigenvalue weighted by Crippen LogP contribution is -2.46. The van der Waals surface area contributed by atoms with E-state index in [0.29, 0.717) is 6.04 Å². The van der Waals surface area contributed by atoms with E-state index in [0.717, 1.165) is 19.6 Å². The molecule has 19 heavy (non-hydrogen) atoms. The standard InChI is InChI=1S/C15H24IN3/c1-13(14-3-5-15(16)6-4-14)18(2)11-12-19-9-7-17-8-10-19/h3-6,13,17H,7-12H2,1-2H3. The summed E-state index contributed by atoms with van der Waals surface area (Å²) in [4.78, 5) is 5.00. The second kappa shape index (κ2) is 7.57. The van der Waals surface area contributed by atoms with Crippen LogP contribution in [0, 0.1) is 3.57 Å². The van der Waals surface area contributed by atoms with Gasteiger partial charge >= 0.3 is 0 Å². The zero-order valence-electron chi connectivity index (χ0n) is 11.9. The maximum atomic E-state index is 3.40. The van der Waals surface area contributed by atoms with E-state index in [9.17, 15) is 0 Å². The van der Waals surface area contributed by atoms with E-state index in [4.69, 9.17) is 0 Å². The Labute approximate surface area is 130 Å². The number of hydrogen-bond donors (Lipinski definition) is 1. The van der Waals surface area contributed by atoms with Crippen molar-refractivity contribution in [1.29, 1.82) is 0 Å². The molecule has 1 N–H and O–H groups in total. The number of rotatable bonds is 5. The van der Waals surface area contributed by atoms with Gasteiger partial charge in [0.25, 0.3) is 0 Å². The molecule has 1 heterocycles. The van der Waals surface area contributed by atoms with Gasteiger partial charge in [-0.15, -0.1) is 0 Å². The molecule has 1 unspecified atom stereocenters. The second-order valence-corrected chi connectivity index (χ2v) is 6.55. The van der Waals surface area contributed by atoms with Crippen molar-refractivity contribution in [3.8, 4) is 0 Å². The van der Waals surface area contributed by atoms with Gasteiger partial charge in [-0.1, -0.05) is 12.1 Å². The van der Waals surface area contributed by atoms with Crippen LogP contribution in [0.5, 0.6) is 0 Å². The molecule has 0 saturated carbocycles. The van der Waals surface area contributed by atoms with Crippen LogP contribution < -0.4 is 5.32 Å². The molecule has 3 nitrogen and oxygen atoms in total. The predicted octanol–water partition coefficient (Wildman–Crippen LogP) is 2.19. The molecule has 0 aliphatic carbocycles. The summed E-state index contributed by atoms with van der Waals surface area (Å²) in [5.41, 5.74) is 1.41. The fourth-order valence-electron chi connectivity index (χ4n) is 2.42. The average molecular weight is 373 g/mol. The monoisotopic (exact) mass is 373 g/mol. The van der Waals surface area contributed by atoms with E-state index in [2.05, 4.69) is 75.9 Å². The Kier molecular flexibility index (Phi) is 6.06.